The first-order chi connectivity index (χ1) is 16.7. The second-order valence-electron chi connectivity index (χ2n) is 7.90. The van der Waals surface area contributed by atoms with Gasteiger partial charge in [0.1, 0.15) is 5.75 Å². The summed E-state index contributed by atoms with van der Waals surface area (Å²) in [5.74, 6) is 0.532. The first-order valence-corrected chi connectivity index (χ1v) is 10.9. The molecule has 7 nitrogen and oxygen atoms in total. The Morgan fingerprint density at radius 3 is 2.74 bits per heavy atom. The van der Waals surface area contributed by atoms with Crippen LogP contribution in [-0.4, -0.2) is 33.0 Å². The molecule has 0 saturated heterocycles. The van der Waals surface area contributed by atoms with E-state index < -0.39 is 0 Å². The number of nitrogens with one attached hydrogen (secondary N) is 1. The third-order valence-corrected chi connectivity index (χ3v) is 5.69. The third kappa shape index (κ3) is 4.49. The molecular formula is C27H23N5O2. The van der Waals surface area contributed by atoms with Gasteiger partial charge in [0.2, 0.25) is 0 Å². The number of nitrogens with zero attached hydrogens (tertiary/aromatic N) is 4. The number of ether oxygens (including phenoxy) is 1. The molecule has 0 radical (unpaired) electrons. The minimum absolute atomic E-state index is 0.270. The first-order valence-electron chi connectivity index (χ1n) is 10.9. The van der Waals surface area contributed by atoms with Crippen LogP contribution in [0, 0.1) is 0 Å². The molecule has 0 unspecified atom stereocenters. The molecular weight excluding hydrogens is 426 g/mol. The molecule has 2 aromatic heterocycles. The van der Waals surface area contributed by atoms with Gasteiger partial charge in [-0.05, 0) is 45.8 Å². The lowest BCUT2D eigenvalue weighted by Crippen LogP contribution is -2.23. The van der Waals surface area contributed by atoms with Gasteiger partial charge in [0, 0.05) is 24.3 Å². The zero-order chi connectivity index (χ0) is 23.3. The molecule has 0 fully saturated rings. The number of amides is 1. The van der Waals surface area contributed by atoms with Crippen LogP contribution in [0.25, 0.3) is 21.9 Å². The molecule has 34 heavy (non-hydrogen) atoms. The minimum atomic E-state index is -0.270. The predicted octanol–water partition coefficient (Wildman–Crippen LogP) is 4.48. The Labute approximate surface area is 197 Å². The van der Waals surface area contributed by atoms with E-state index in [1.54, 1.807) is 24.2 Å². The summed E-state index contributed by atoms with van der Waals surface area (Å²) < 4.78 is 7.04. The number of aromatic nitrogens is 4. The van der Waals surface area contributed by atoms with Crippen molar-refractivity contribution in [3.8, 4) is 16.9 Å². The number of pyridine rings is 1. The van der Waals surface area contributed by atoms with Crippen molar-refractivity contribution >= 4 is 16.7 Å². The topological polar surface area (TPSA) is 81.9 Å². The Bertz CT molecular complexity index is 1450. The molecule has 0 aliphatic rings. The van der Waals surface area contributed by atoms with Crippen molar-refractivity contribution in [3.63, 3.8) is 0 Å². The Kier molecular flexibility index (Phi) is 5.99. The molecule has 0 aliphatic heterocycles. The smallest absolute Gasteiger partial charge is 0.273 e. The van der Waals surface area contributed by atoms with Gasteiger partial charge in [0.25, 0.3) is 5.91 Å². The monoisotopic (exact) mass is 449 g/mol. The number of rotatable bonds is 7. The number of hydrogen-bond acceptors (Lipinski definition) is 5. The average Bonchev–Trinajstić information content (AvgIpc) is 3.36. The number of carbonyl (C=O) groups excluding carboxylic acids is 1. The molecule has 3 aromatic carbocycles. The molecule has 5 rings (SSSR count). The first kappa shape index (κ1) is 21.3. The van der Waals surface area contributed by atoms with Crippen molar-refractivity contribution in [3.05, 3.63) is 108 Å². The van der Waals surface area contributed by atoms with Gasteiger partial charge in [0.15, 0.2) is 5.69 Å². The Morgan fingerprint density at radius 1 is 1.00 bits per heavy atom. The molecule has 0 atom stereocenters. The number of hydrogen-bond donors (Lipinski definition) is 1. The molecule has 168 valence electrons. The van der Waals surface area contributed by atoms with E-state index in [9.17, 15) is 4.79 Å². The van der Waals surface area contributed by atoms with E-state index in [-0.39, 0.29) is 11.6 Å². The highest BCUT2D eigenvalue weighted by molar-refractivity contribution is 5.98. The second-order valence-corrected chi connectivity index (χ2v) is 7.90. The summed E-state index contributed by atoms with van der Waals surface area (Å²) in [6, 6.07) is 24.0. The van der Waals surface area contributed by atoms with E-state index in [1.165, 1.54) is 0 Å². The van der Waals surface area contributed by atoms with E-state index in [0.717, 1.165) is 38.8 Å². The summed E-state index contributed by atoms with van der Waals surface area (Å²) in [5.41, 5.74) is 4.48. The summed E-state index contributed by atoms with van der Waals surface area (Å²) in [6.07, 6.45) is 5.27. The fraction of sp³-hybridized carbons (Fsp3) is 0.111. The molecule has 0 saturated carbocycles. The SMILES string of the molecule is COc1cccc(-c2ccc(CNC(=O)c3cn(Cc4ccccc4)nn3)c3cnccc23)c1. The average molecular weight is 450 g/mol. The quantitative estimate of drug-likeness (QED) is 0.396. The van der Waals surface area contributed by atoms with Crippen LogP contribution in [0.2, 0.25) is 0 Å². The van der Waals surface area contributed by atoms with Gasteiger partial charge in [0.05, 0.1) is 19.9 Å². The molecule has 1 amide bonds. The number of methoxy groups -OCH3 is 1. The molecule has 0 aliphatic carbocycles. The highest BCUT2D eigenvalue weighted by Gasteiger charge is 2.13. The largest absolute Gasteiger partial charge is 0.497 e. The van der Waals surface area contributed by atoms with Crippen LogP contribution in [0.5, 0.6) is 5.75 Å². The second kappa shape index (κ2) is 9.54. The maximum Gasteiger partial charge on any atom is 0.273 e. The lowest BCUT2D eigenvalue weighted by atomic mass is 9.96. The molecule has 2 heterocycles. The number of carbonyl (C=O) groups is 1. The van der Waals surface area contributed by atoms with Crippen LogP contribution < -0.4 is 10.1 Å². The lowest BCUT2D eigenvalue weighted by Gasteiger charge is -2.12. The fourth-order valence-electron chi connectivity index (χ4n) is 3.96. The maximum atomic E-state index is 12.7. The Balaban J connectivity index is 1.34. The van der Waals surface area contributed by atoms with Crippen molar-refractivity contribution < 1.29 is 9.53 Å². The fourth-order valence-corrected chi connectivity index (χ4v) is 3.96. The molecule has 0 spiro atoms. The van der Waals surface area contributed by atoms with Crippen LogP contribution in [0.1, 0.15) is 21.6 Å². The van der Waals surface area contributed by atoms with E-state index in [4.69, 9.17) is 4.74 Å². The van der Waals surface area contributed by atoms with Gasteiger partial charge >= 0.3 is 0 Å². The highest BCUT2D eigenvalue weighted by atomic mass is 16.5. The van der Waals surface area contributed by atoms with Crippen molar-refractivity contribution in [2.24, 2.45) is 0 Å². The summed E-state index contributed by atoms with van der Waals surface area (Å²) in [5, 5.41) is 13.1. The summed E-state index contributed by atoms with van der Waals surface area (Å²) in [7, 11) is 1.66. The van der Waals surface area contributed by atoms with E-state index >= 15 is 0 Å². The van der Waals surface area contributed by atoms with Crippen molar-refractivity contribution in [1.82, 2.24) is 25.3 Å². The summed E-state index contributed by atoms with van der Waals surface area (Å²) in [4.78, 5) is 17.0. The van der Waals surface area contributed by atoms with Crippen LogP contribution in [0.3, 0.4) is 0 Å². The van der Waals surface area contributed by atoms with Crippen molar-refractivity contribution in [1.29, 1.82) is 0 Å². The molecule has 5 aromatic rings. The third-order valence-electron chi connectivity index (χ3n) is 5.69. The summed E-state index contributed by atoms with van der Waals surface area (Å²) in [6.45, 7) is 0.911. The van der Waals surface area contributed by atoms with Crippen LogP contribution >= 0.6 is 0 Å². The van der Waals surface area contributed by atoms with Crippen molar-refractivity contribution in [2.75, 3.05) is 7.11 Å². The molecule has 1 N–H and O–H groups in total. The van der Waals surface area contributed by atoms with Crippen LogP contribution in [-0.2, 0) is 13.1 Å². The van der Waals surface area contributed by atoms with Gasteiger partial charge in [-0.25, -0.2) is 4.68 Å². The molecule has 0 bridgehead atoms. The normalized spacial score (nSPS) is 10.9. The lowest BCUT2D eigenvalue weighted by molar-refractivity contribution is 0.0946. The van der Waals surface area contributed by atoms with Gasteiger partial charge in [-0.1, -0.05) is 59.8 Å². The standard InChI is InChI=1S/C27H23N5O2/c1-34-22-9-5-8-20(14-22)23-11-10-21(25-16-28-13-12-24(23)25)15-29-27(33)26-18-32(31-30-26)17-19-6-3-2-4-7-19/h2-14,16,18H,15,17H2,1H3,(H,29,33). The Morgan fingerprint density at radius 2 is 1.88 bits per heavy atom. The zero-order valence-corrected chi connectivity index (χ0v) is 18.7. The zero-order valence-electron chi connectivity index (χ0n) is 18.7. The van der Waals surface area contributed by atoms with E-state index in [1.807, 2.05) is 66.9 Å². The van der Waals surface area contributed by atoms with Crippen molar-refractivity contribution in [2.45, 2.75) is 13.1 Å². The van der Waals surface area contributed by atoms with Gasteiger partial charge in [-0.2, -0.15) is 0 Å². The summed E-state index contributed by atoms with van der Waals surface area (Å²) >= 11 is 0. The van der Waals surface area contributed by atoms with Gasteiger partial charge < -0.3 is 10.1 Å². The number of benzene rings is 3. The maximum absolute atomic E-state index is 12.7. The molecule has 7 heteroatoms. The number of fused-ring (bicyclic) bond motifs is 1. The highest BCUT2D eigenvalue weighted by Crippen LogP contribution is 2.32. The van der Waals surface area contributed by atoms with Gasteiger partial charge in [-0.15, -0.1) is 5.10 Å². The van der Waals surface area contributed by atoms with Crippen LogP contribution in [0.4, 0.5) is 0 Å². The minimum Gasteiger partial charge on any atom is -0.497 e. The van der Waals surface area contributed by atoms with E-state index in [2.05, 4.69) is 32.7 Å². The predicted molar refractivity (Wildman–Crippen MR) is 130 cm³/mol. The Hall–Kier alpha value is -4.52. The van der Waals surface area contributed by atoms with Crippen LogP contribution in [0.15, 0.2) is 91.4 Å². The van der Waals surface area contributed by atoms with Gasteiger partial charge in [-0.3, -0.25) is 9.78 Å². The van der Waals surface area contributed by atoms with E-state index in [0.29, 0.717) is 13.1 Å².